The molecule has 244 valence electrons. The lowest BCUT2D eigenvalue weighted by atomic mass is 9.82. The molecule has 0 aliphatic heterocycles. The number of hydrogen-bond acceptors (Lipinski definition) is 4. The van der Waals surface area contributed by atoms with Crippen LogP contribution in [-0.2, 0) is 30.7 Å². The van der Waals surface area contributed by atoms with Gasteiger partial charge < -0.3 is 18.1 Å². The van der Waals surface area contributed by atoms with E-state index in [1.54, 1.807) is 0 Å². The summed E-state index contributed by atoms with van der Waals surface area (Å²) in [5, 5.41) is 4.86. The van der Waals surface area contributed by atoms with E-state index < -0.39 is 0 Å². The molecule has 0 aliphatic rings. The van der Waals surface area contributed by atoms with Crippen LogP contribution in [0.3, 0.4) is 0 Å². The second kappa shape index (κ2) is 13.9. The van der Waals surface area contributed by atoms with Crippen LogP contribution in [0.1, 0.15) is 112 Å². The first kappa shape index (κ1) is 35.6. The van der Waals surface area contributed by atoms with Crippen molar-refractivity contribution in [1.82, 2.24) is 0 Å². The molecule has 2 atom stereocenters. The Kier molecular flexibility index (Phi) is 11.0. The molecule has 6 heteroatoms. The van der Waals surface area contributed by atoms with Crippen molar-refractivity contribution in [2.75, 3.05) is 13.2 Å². The van der Waals surface area contributed by atoms with Gasteiger partial charge in [0.2, 0.25) is 18.1 Å². The number of hydrogen-bond donors (Lipinski definition) is 0. The van der Waals surface area contributed by atoms with Crippen LogP contribution in [0.2, 0.25) is 0 Å². The molecule has 0 spiro atoms. The van der Waals surface area contributed by atoms with Crippen molar-refractivity contribution >= 4 is 39.6 Å². The molecule has 0 saturated heterocycles. The van der Waals surface area contributed by atoms with Crippen LogP contribution in [0.25, 0.3) is 21.5 Å². The average molecular weight is 649 g/mol. The molecular weight excluding hydrogens is 594 g/mol. The Morgan fingerprint density at radius 3 is 1.16 bits per heavy atom. The SMILES string of the molecule is CC(C)(C)c1ccc2cc(OPOCCCOPOc3cc4ccc(C(C)(C)C)cc4cc3C(C)(C)C)c(C(C)(C)C)cc2c1. The first-order valence-electron chi connectivity index (χ1n) is 16.1. The van der Waals surface area contributed by atoms with Gasteiger partial charge in [-0.2, -0.15) is 0 Å². The van der Waals surface area contributed by atoms with Crippen LogP contribution in [0.4, 0.5) is 0 Å². The van der Waals surface area contributed by atoms with E-state index >= 15 is 0 Å². The number of benzene rings is 4. The highest BCUT2D eigenvalue weighted by Crippen LogP contribution is 2.40. The first-order chi connectivity index (χ1) is 20.8. The summed E-state index contributed by atoms with van der Waals surface area (Å²) < 4.78 is 24.2. The molecule has 0 fully saturated rings. The molecule has 0 saturated carbocycles. The first-order valence-corrected chi connectivity index (χ1v) is 17.7. The molecule has 0 radical (unpaired) electrons. The summed E-state index contributed by atoms with van der Waals surface area (Å²) in [4.78, 5) is 0. The summed E-state index contributed by atoms with van der Waals surface area (Å²) >= 11 is 0. The van der Waals surface area contributed by atoms with E-state index in [1.807, 2.05) is 0 Å². The van der Waals surface area contributed by atoms with Gasteiger partial charge in [-0.15, -0.1) is 0 Å². The van der Waals surface area contributed by atoms with E-state index in [0.29, 0.717) is 13.2 Å². The van der Waals surface area contributed by atoms with E-state index in [2.05, 4.69) is 144 Å². The fraction of sp³-hybridized carbons (Fsp3) is 0.487. The Bertz CT molecular complexity index is 1490. The van der Waals surface area contributed by atoms with Crippen LogP contribution in [0.5, 0.6) is 11.5 Å². The zero-order chi connectivity index (χ0) is 33.2. The normalized spacial score (nSPS) is 13.6. The zero-order valence-electron chi connectivity index (χ0n) is 29.5. The third kappa shape index (κ3) is 9.42. The minimum atomic E-state index is -0.0726. The third-order valence-electron chi connectivity index (χ3n) is 8.14. The minimum Gasteiger partial charge on any atom is -0.449 e. The molecule has 0 heterocycles. The van der Waals surface area contributed by atoms with Crippen molar-refractivity contribution in [3.05, 3.63) is 82.9 Å². The molecule has 4 nitrogen and oxygen atoms in total. The quantitative estimate of drug-likeness (QED) is 0.127. The lowest BCUT2D eigenvalue weighted by molar-refractivity contribution is 0.261. The predicted molar refractivity (Wildman–Crippen MR) is 197 cm³/mol. The average Bonchev–Trinajstić information content (AvgIpc) is 2.92. The van der Waals surface area contributed by atoms with E-state index in [-0.39, 0.29) is 39.7 Å². The molecule has 2 unspecified atom stereocenters. The topological polar surface area (TPSA) is 36.9 Å². The van der Waals surface area contributed by atoms with E-state index in [9.17, 15) is 0 Å². The van der Waals surface area contributed by atoms with Crippen molar-refractivity contribution in [3.8, 4) is 11.5 Å². The lowest BCUT2D eigenvalue weighted by Crippen LogP contribution is -2.13. The molecule has 0 aromatic heterocycles. The third-order valence-corrected chi connectivity index (χ3v) is 9.39. The summed E-state index contributed by atoms with van der Waals surface area (Å²) in [6, 6.07) is 22.3. The number of fused-ring (bicyclic) bond motifs is 2. The maximum absolute atomic E-state index is 6.20. The van der Waals surface area contributed by atoms with Gasteiger partial charge in [-0.3, -0.25) is 0 Å². The number of rotatable bonds is 10. The van der Waals surface area contributed by atoms with Gasteiger partial charge in [0.1, 0.15) is 11.5 Å². The zero-order valence-corrected chi connectivity index (χ0v) is 31.5. The van der Waals surface area contributed by atoms with Gasteiger partial charge in [0, 0.05) is 11.1 Å². The predicted octanol–water partition coefficient (Wildman–Crippen LogP) is 12.1. The van der Waals surface area contributed by atoms with Crippen LogP contribution in [-0.4, -0.2) is 13.2 Å². The van der Waals surface area contributed by atoms with Crippen LogP contribution in [0.15, 0.2) is 60.7 Å². The Labute approximate surface area is 275 Å². The highest BCUT2D eigenvalue weighted by atomic mass is 31.1. The summed E-state index contributed by atoms with van der Waals surface area (Å²) in [5.74, 6) is 1.78. The van der Waals surface area contributed by atoms with Gasteiger partial charge in [0.25, 0.3) is 0 Å². The molecule has 45 heavy (non-hydrogen) atoms. The molecule has 4 aromatic rings. The minimum absolute atomic E-state index is 0.0478. The Balaban J connectivity index is 1.28. The summed E-state index contributed by atoms with van der Waals surface area (Å²) in [7, 11) is -0.145. The van der Waals surface area contributed by atoms with Gasteiger partial charge in [-0.25, -0.2) is 0 Å². The summed E-state index contributed by atoms with van der Waals surface area (Å²) in [5.41, 5.74) is 5.18. The summed E-state index contributed by atoms with van der Waals surface area (Å²) in [6.07, 6.45) is 0.769. The van der Waals surface area contributed by atoms with Crippen LogP contribution < -0.4 is 9.05 Å². The maximum Gasteiger partial charge on any atom is 0.215 e. The van der Waals surface area contributed by atoms with Crippen molar-refractivity contribution in [2.45, 2.75) is 111 Å². The second-order valence-corrected chi connectivity index (χ2v) is 17.6. The highest BCUT2D eigenvalue weighted by molar-refractivity contribution is 7.27. The molecule has 4 aromatic carbocycles. The van der Waals surface area contributed by atoms with E-state index in [0.717, 1.165) is 17.9 Å². The smallest absolute Gasteiger partial charge is 0.215 e. The van der Waals surface area contributed by atoms with Crippen molar-refractivity contribution in [3.63, 3.8) is 0 Å². The van der Waals surface area contributed by atoms with Crippen LogP contribution in [0, 0.1) is 0 Å². The molecule has 0 bridgehead atoms. The van der Waals surface area contributed by atoms with E-state index in [4.69, 9.17) is 18.1 Å². The highest BCUT2D eigenvalue weighted by Gasteiger charge is 2.23. The molecule has 4 rings (SSSR count). The molecule has 0 amide bonds. The molecular formula is C39H54O4P2. The van der Waals surface area contributed by atoms with Crippen molar-refractivity contribution in [1.29, 1.82) is 0 Å². The van der Waals surface area contributed by atoms with Crippen LogP contribution >= 0.6 is 18.1 Å². The monoisotopic (exact) mass is 648 g/mol. The largest absolute Gasteiger partial charge is 0.449 e. The fourth-order valence-electron chi connectivity index (χ4n) is 5.26. The Morgan fingerprint density at radius 1 is 0.444 bits per heavy atom. The summed E-state index contributed by atoms with van der Waals surface area (Å²) in [6.45, 7) is 28.0. The van der Waals surface area contributed by atoms with Gasteiger partial charge in [-0.05, 0) is 85.0 Å². The second-order valence-electron chi connectivity index (χ2n) is 16.2. The molecule has 0 aliphatic carbocycles. The van der Waals surface area contributed by atoms with E-state index in [1.165, 1.54) is 43.8 Å². The van der Waals surface area contributed by atoms with Gasteiger partial charge in [0.15, 0.2) is 0 Å². The maximum atomic E-state index is 6.20. The molecule has 0 N–H and O–H groups in total. The van der Waals surface area contributed by atoms with Crippen molar-refractivity contribution in [2.24, 2.45) is 0 Å². The standard InChI is InChI=1S/C39H54O4P2/c1-36(2,3)30-16-14-26-24-34(32(38(7,8)9)22-28(26)20-30)42-44-40-18-13-19-41-45-43-35-25-27-15-17-31(37(4,5)6)21-29(27)23-33(35)39(10,11)12/h14-17,20-25,44-45H,13,18-19H2,1-12H3. The van der Waals surface area contributed by atoms with Gasteiger partial charge in [0.05, 0.1) is 13.2 Å². The fourth-order valence-corrected chi connectivity index (χ4v) is 6.35. The van der Waals surface area contributed by atoms with Gasteiger partial charge >= 0.3 is 0 Å². The Morgan fingerprint density at radius 2 is 0.822 bits per heavy atom. The van der Waals surface area contributed by atoms with Crippen molar-refractivity contribution < 1.29 is 18.1 Å². The Hall–Kier alpha value is -2.22. The van der Waals surface area contributed by atoms with Gasteiger partial charge in [-0.1, -0.05) is 119 Å². The lowest BCUT2D eigenvalue weighted by Gasteiger charge is -2.24.